The minimum Gasteiger partial charge on any atom is -0.352 e. The second-order valence-corrected chi connectivity index (χ2v) is 13.8. The van der Waals surface area contributed by atoms with Gasteiger partial charge >= 0.3 is 0 Å². The highest BCUT2D eigenvalue weighted by atomic mass is 32.2. The van der Waals surface area contributed by atoms with Crippen LogP contribution in [0.4, 0.5) is 10.1 Å². The van der Waals surface area contributed by atoms with E-state index in [1.807, 2.05) is 48.5 Å². The first-order valence-corrected chi connectivity index (χ1v) is 17.2. The van der Waals surface area contributed by atoms with Crippen LogP contribution in [0.2, 0.25) is 0 Å². The third-order valence-electron chi connectivity index (χ3n) is 8.92. The van der Waals surface area contributed by atoms with E-state index < -0.39 is 16.1 Å². The molecule has 0 bridgehead atoms. The van der Waals surface area contributed by atoms with Crippen molar-refractivity contribution in [2.75, 3.05) is 10.8 Å². The van der Waals surface area contributed by atoms with Crippen LogP contribution in [0.1, 0.15) is 56.1 Å². The average Bonchev–Trinajstić information content (AvgIpc) is 3.27. The summed E-state index contributed by atoms with van der Waals surface area (Å²) in [5, 5.41) is 4.77. The third-order valence-corrected chi connectivity index (χ3v) is 10.8. The van der Waals surface area contributed by atoms with Crippen LogP contribution in [-0.4, -0.2) is 43.8 Å². The van der Waals surface area contributed by atoms with E-state index in [0.29, 0.717) is 23.1 Å². The van der Waals surface area contributed by atoms with Gasteiger partial charge in [0.15, 0.2) is 0 Å². The Kier molecular flexibility index (Phi) is 9.16. The van der Waals surface area contributed by atoms with Crippen LogP contribution in [0.5, 0.6) is 0 Å². The molecule has 0 aromatic heterocycles. The van der Waals surface area contributed by atoms with Crippen molar-refractivity contribution in [1.29, 1.82) is 0 Å². The van der Waals surface area contributed by atoms with E-state index in [0.717, 1.165) is 43.1 Å². The van der Waals surface area contributed by atoms with Gasteiger partial charge in [-0.3, -0.25) is 13.9 Å². The second kappa shape index (κ2) is 13.4. The molecular weight excluding hydrogens is 589 g/mol. The number of benzene rings is 4. The molecule has 4 aromatic rings. The predicted molar refractivity (Wildman–Crippen MR) is 174 cm³/mol. The molecule has 1 aliphatic carbocycles. The molecule has 234 valence electrons. The summed E-state index contributed by atoms with van der Waals surface area (Å²) in [5.41, 5.74) is 2.25. The quantitative estimate of drug-likeness (QED) is 0.210. The Hall–Kier alpha value is -4.24. The molecule has 6 rings (SSSR count). The summed E-state index contributed by atoms with van der Waals surface area (Å²) >= 11 is 0. The summed E-state index contributed by atoms with van der Waals surface area (Å²) in [5.74, 6) is -0.841. The standard InChI is InChI=1S/C36H38FN3O4S/c37-29-21-19-27(20-22-29)25-39(32(24-26-10-3-1-4-11-26)36(42)38-30-14-5-2-6-15-30)34(41)18-9-23-40-31-16-7-12-28-13-8-17-33(35(28)31)45(40,43)44/h1,3-4,7-8,10-13,16-17,19-22,30,32H,2,5-6,9,14-15,18,23-25H2,(H,38,42)/t32-/m1/s1. The Labute approximate surface area is 264 Å². The number of sulfonamides is 1. The largest absolute Gasteiger partial charge is 0.352 e. The van der Waals surface area contributed by atoms with E-state index >= 15 is 0 Å². The van der Waals surface area contributed by atoms with Gasteiger partial charge in [0.2, 0.25) is 11.8 Å². The molecule has 1 N–H and O–H groups in total. The maximum absolute atomic E-state index is 14.1. The topological polar surface area (TPSA) is 86.8 Å². The molecule has 1 saturated carbocycles. The molecule has 45 heavy (non-hydrogen) atoms. The monoisotopic (exact) mass is 627 g/mol. The minimum absolute atomic E-state index is 0.0432. The highest BCUT2D eigenvalue weighted by Crippen LogP contribution is 2.42. The molecule has 1 fully saturated rings. The van der Waals surface area contributed by atoms with Gasteiger partial charge in [0.25, 0.3) is 10.0 Å². The molecule has 2 amide bonds. The summed E-state index contributed by atoms with van der Waals surface area (Å²) in [4.78, 5) is 29.9. The van der Waals surface area contributed by atoms with Gasteiger partial charge in [-0.05, 0) is 60.0 Å². The van der Waals surface area contributed by atoms with Crippen molar-refractivity contribution in [3.05, 3.63) is 108 Å². The summed E-state index contributed by atoms with van der Waals surface area (Å²) in [6.45, 7) is 0.255. The number of anilines is 1. The van der Waals surface area contributed by atoms with Crippen LogP contribution < -0.4 is 9.62 Å². The molecule has 9 heteroatoms. The summed E-state index contributed by atoms with van der Waals surface area (Å²) in [7, 11) is -3.75. The normalized spacial score (nSPS) is 16.4. The van der Waals surface area contributed by atoms with Gasteiger partial charge in [-0.2, -0.15) is 0 Å². The van der Waals surface area contributed by atoms with Crippen LogP contribution in [0.15, 0.2) is 95.9 Å². The van der Waals surface area contributed by atoms with Crippen molar-refractivity contribution in [2.45, 2.75) is 74.9 Å². The molecule has 0 saturated heterocycles. The fourth-order valence-corrected chi connectivity index (χ4v) is 8.35. The van der Waals surface area contributed by atoms with E-state index in [-0.39, 0.29) is 54.5 Å². The number of carbonyl (C=O) groups excluding carboxylic acids is 2. The minimum atomic E-state index is -3.75. The zero-order valence-electron chi connectivity index (χ0n) is 25.2. The summed E-state index contributed by atoms with van der Waals surface area (Å²) in [6, 6.07) is 25.6. The fraction of sp³-hybridized carbons (Fsp3) is 0.333. The lowest BCUT2D eigenvalue weighted by Gasteiger charge is -2.33. The number of nitrogens with zero attached hydrogens (tertiary/aromatic N) is 2. The Morgan fingerprint density at radius 3 is 2.31 bits per heavy atom. The van der Waals surface area contributed by atoms with Crippen LogP contribution in [0, 0.1) is 5.82 Å². The first kappa shape index (κ1) is 30.8. The molecule has 0 radical (unpaired) electrons. The van der Waals surface area contributed by atoms with E-state index in [1.165, 1.54) is 16.4 Å². The predicted octanol–water partition coefficient (Wildman–Crippen LogP) is 6.36. The van der Waals surface area contributed by atoms with Crippen molar-refractivity contribution < 1.29 is 22.4 Å². The maximum Gasteiger partial charge on any atom is 0.265 e. The van der Waals surface area contributed by atoms with E-state index in [1.54, 1.807) is 35.2 Å². The van der Waals surface area contributed by atoms with E-state index in [2.05, 4.69) is 5.32 Å². The Balaban J connectivity index is 1.25. The SMILES string of the molecule is O=C(NC1CCCCC1)[C@@H](Cc1ccccc1)N(Cc1ccc(F)cc1)C(=O)CCCN1c2cccc3cccc(c23)S1(=O)=O. The van der Waals surface area contributed by atoms with Crippen LogP contribution in [0.3, 0.4) is 0 Å². The Morgan fingerprint density at radius 2 is 1.58 bits per heavy atom. The fourth-order valence-electron chi connectivity index (χ4n) is 6.60. The summed E-state index contributed by atoms with van der Waals surface area (Å²) in [6.07, 6.45) is 5.73. The van der Waals surface area contributed by atoms with Gasteiger partial charge < -0.3 is 10.2 Å². The Bertz CT molecular complexity index is 1770. The van der Waals surface area contributed by atoms with Crippen LogP contribution in [-0.2, 0) is 32.6 Å². The van der Waals surface area contributed by atoms with Crippen molar-refractivity contribution in [1.82, 2.24) is 10.2 Å². The summed E-state index contributed by atoms with van der Waals surface area (Å²) < 4.78 is 42.1. The first-order chi connectivity index (χ1) is 21.8. The van der Waals surface area contributed by atoms with E-state index in [9.17, 15) is 22.4 Å². The highest BCUT2D eigenvalue weighted by molar-refractivity contribution is 7.93. The number of amides is 2. The zero-order chi connectivity index (χ0) is 31.4. The van der Waals surface area contributed by atoms with Crippen molar-refractivity contribution in [3.63, 3.8) is 0 Å². The highest BCUT2D eigenvalue weighted by Gasteiger charge is 2.36. The maximum atomic E-state index is 14.1. The van der Waals surface area contributed by atoms with Crippen molar-refractivity contribution >= 4 is 38.3 Å². The molecule has 7 nitrogen and oxygen atoms in total. The lowest BCUT2D eigenvalue weighted by Crippen LogP contribution is -2.52. The number of nitrogens with one attached hydrogen (secondary N) is 1. The van der Waals surface area contributed by atoms with Gasteiger partial charge in [0, 0.05) is 37.4 Å². The molecule has 4 aromatic carbocycles. The number of carbonyl (C=O) groups is 2. The second-order valence-electron chi connectivity index (χ2n) is 12.0. The number of hydrogen-bond donors (Lipinski definition) is 1. The molecule has 2 aliphatic rings. The van der Waals surface area contributed by atoms with Crippen molar-refractivity contribution in [3.8, 4) is 0 Å². The van der Waals surface area contributed by atoms with Crippen LogP contribution in [0.25, 0.3) is 10.8 Å². The molecule has 0 spiro atoms. The van der Waals surface area contributed by atoms with Crippen LogP contribution >= 0.6 is 0 Å². The molecule has 1 aliphatic heterocycles. The van der Waals surface area contributed by atoms with E-state index in [4.69, 9.17) is 0 Å². The molecule has 0 unspecified atom stereocenters. The van der Waals surface area contributed by atoms with Crippen molar-refractivity contribution in [2.24, 2.45) is 0 Å². The first-order valence-electron chi connectivity index (χ1n) is 15.7. The average molecular weight is 628 g/mol. The van der Waals surface area contributed by atoms with Gasteiger partial charge in [-0.1, -0.05) is 86.0 Å². The Morgan fingerprint density at radius 1 is 0.867 bits per heavy atom. The zero-order valence-corrected chi connectivity index (χ0v) is 26.0. The molecular formula is C36H38FN3O4S. The van der Waals surface area contributed by atoms with Gasteiger partial charge in [0.05, 0.1) is 10.6 Å². The molecule has 1 atom stereocenters. The lowest BCUT2D eigenvalue weighted by atomic mass is 9.94. The van der Waals surface area contributed by atoms with Gasteiger partial charge in [-0.25, -0.2) is 12.8 Å². The van der Waals surface area contributed by atoms with Gasteiger partial charge in [0.1, 0.15) is 11.9 Å². The van der Waals surface area contributed by atoms with Gasteiger partial charge in [-0.15, -0.1) is 0 Å². The lowest BCUT2D eigenvalue weighted by molar-refractivity contribution is -0.141. The number of rotatable bonds is 11. The third kappa shape index (κ3) is 6.73. The number of halogens is 1. The smallest absolute Gasteiger partial charge is 0.265 e. The molecule has 1 heterocycles. The number of hydrogen-bond acceptors (Lipinski definition) is 4.